The van der Waals surface area contributed by atoms with Crippen LogP contribution in [0.2, 0.25) is 0 Å². The maximum atomic E-state index is 10.3. The Bertz CT molecular complexity index is 1620. The first-order valence-corrected chi connectivity index (χ1v) is 14.8. The maximum Gasteiger partial charge on any atom is 0.169 e. The lowest BCUT2D eigenvalue weighted by molar-refractivity contribution is 0.323. The molecule has 3 aliphatic rings. The Hall–Kier alpha value is -4.61. The molecule has 0 radical (unpaired) electrons. The largest absolute Gasteiger partial charge is 0.507 e. The van der Waals surface area contributed by atoms with E-state index in [1.54, 1.807) is 12.1 Å². The summed E-state index contributed by atoms with van der Waals surface area (Å²) in [6, 6.07) is 22.9. The lowest BCUT2D eigenvalue weighted by atomic mass is 10.0. The fourth-order valence-corrected chi connectivity index (χ4v) is 6.75. The van der Waals surface area contributed by atoms with Crippen molar-refractivity contribution in [1.82, 2.24) is 20.1 Å². The van der Waals surface area contributed by atoms with Crippen LogP contribution < -0.4 is 15.5 Å². The zero-order valence-corrected chi connectivity index (χ0v) is 23.7. The van der Waals surface area contributed by atoms with Gasteiger partial charge in [-0.05, 0) is 73.1 Å². The summed E-state index contributed by atoms with van der Waals surface area (Å²) in [5.74, 6) is 7.33. The molecule has 2 saturated heterocycles. The fraction of sp³-hybridized carbons (Fsp3) is 0.324. The van der Waals surface area contributed by atoms with Gasteiger partial charge in [-0.2, -0.15) is 0 Å². The molecule has 8 nitrogen and oxygen atoms in total. The van der Waals surface area contributed by atoms with Crippen molar-refractivity contribution in [1.29, 1.82) is 0 Å². The van der Waals surface area contributed by atoms with Crippen LogP contribution in [0.3, 0.4) is 0 Å². The van der Waals surface area contributed by atoms with Crippen molar-refractivity contribution in [3.05, 3.63) is 89.7 Å². The number of nitrogens with zero attached hydrogens (tertiary/aromatic N) is 6. The van der Waals surface area contributed by atoms with Crippen LogP contribution in [0.25, 0.3) is 11.3 Å². The minimum atomic E-state index is 0.181. The number of nitrogens with two attached hydrogens (primary N) is 1. The highest BCUT2D eigenvalue weighted by Crippen LogP contribution is 2.39. The number of para-hydroxylation sites is 1. The van der Waals surface area contributed by atoms with Gasteiger partial charge >= 0.3 is 0 Å². The molecule has 2 bridgehead atoms. The molecular weight excluding hydrogens is 522 g/mol. The summed E-state index contributed by atoms with van der Waals surface area (Å²) in [6.45, 7) is 4.52. The minimum Gasteiger partial charge on any atom is -0.507 e. The number of phenols is 1. The first-order valence-electron chi connectivity index (χ1n) is 14.8. The monoisotopic (exact) mass is 557 g/mol. The summed E-state index contributed by atoms with van der Waals surface area (Å²) in [7, 11) is 0. The van der Waals surface area contributed by atoms with Gasteiger partial charge in [0, 0.05) is 55.7 Å². The predicted octanol–water partition coefficient (Wildman–Crippen LogP) is 4.14. The van der Waals surface area contributed by atoms with E-state index in [4.69, 9.17) is 5.73 Å². The molecule has 0 amide bonds. The Morgan fingerprint density at radius 2 is 1.60 bits per heavy atom. The van der Waals surface area contributed by atoms with E-state index >= 15 is 0 Å². The first-order chi connectivity index (χ1) is 20.6. The molecule has 2 aromatic carbocycles. The number of rotatable bonds is 4. The molecule has 5 heterocycles. The minimum absolute atomic E-state index is 0.181. The SMILES string of the molecule is Nc1nnc(-c2ccccc2O)cc1N1CC2CCC(C1)N2c1ccnc(C#CCN2CCc3ccccc3CC2)c1. The Morgan fingerprint density at radius 3 is 2.33 bits per heavy atom. The molecule has 3 aliphatic heterocycles. The molecule has 42 heavy (non-hydrogen) atoms. The molecule has 2 atom stereocenters. The number of aromatic hydroxyl groups is 1. The van der Waals surface area contributed by atoms with Crippen LogP contribution in [0.4, 0.5) is 17.2 Å². The average Bonchev–Trinajstić information content (AvgIpc) is 3.15. The van der Waals surface area contributed by atoms with E-state index in [0.717, 1.165) is 69.8 Å². The van der Waals surface area contributed by atoms with Crippen LogP contribution in [0.1, 0.15) is 29.7 Å². The van der Waals surface area contributed by atoms with Gasteiger partial charge in [0.15, 0.2) is 5.82 Å². The average molecular weight is 558 g/mol. The number of anilines is 3. The van der Waals surface area contributed by atoms with Crippen molar-refractivity contribution in [2.75, 3.05) is 48.3 Å². The van der Waals surface area contributed by atoms with Crippen LogP contribution in [0, 0.1) is 11.8 Å². The van der Waals surface area contributed by atoms with Gasteiger partial charge in [-0.3, -0.25) is 4.90 Å². The molecule has 0 spiro atoms. The molecular formula is C34H35N7O. The number of pyridine rings is 1. The normalized spacial score (nSPS) is 20.0. The Balaban J connectivity index is 1.04. The number of benzene rings is 2. The number of piperazine rings is 1. The second-order valence-corrected chi connectivity index (χ2v) is 11.5. The number of fused-ring (bicyclic) bond motifs is 3. The van der Waals surface area contributed by atoms with Gasteiger partial charge in [0.1, 0.15) is 11.4 Å². The van der Waals surface area contributed by atoms with Gasteiger partial charge in [-0.1, -0.05) is 42.3 Å². The van der Waals surface area contributed by atoms with Gasteiger partial charge in [0.2, 0.25) is 0 Å². The van der Waals surface area contributed by atoms with E-state index < -0.39 is 0 Å². The van der Waals surface area contributed by atoms with E-state index in [2.05, 4.69) is 78.1 Å². The smallest absolute Gasteiger partial charge is 0.169 e. The topological polar surface area (TPSA) is 94.6 Å². The molecule has 0 saturated carbocycles. The van der Waals surface area contributed by atoms with Crippen molar-refractivity contribution in [2.45, 2.75) is 37.8 Å². The fourth-order valence-electron chi connectivity index (χ4n) is 6.75. The third-order valence-corrected chi connectivity index (χ3v) is 8.88. The number of hydrogen-bond acceptors (Lipinski definition) is 8. The van der Waals surface area contributed by atoms with E-state index in [-0.39, 0.29) is 5.75 Å². The van der Waals surface area contributed by atoms with Crippen LogP contribution in [0.5, 0.6) is 5.75 Å². The van der Waals surface area contributed by atoms with E-state index in [1.165, 1.54) is 16.8 Å². The first kappa shape index (κ1) is 26.3. The van der Waals surface area contributed by atoms with Crippen LogP contribution in [0.15, 0.2) is 72.9 Å². The van der Waals surface area contributed by atoms with Crippen molar-refractivity contribution < 1.29 is 5.11 Å². The van der Waals surface area contributed by atoms with Gasteiger partial charge in [-0.15, -0.1) is 10.2 Å². The van der Waals surface area contributed by atoms with Gasteiger partial charge in [0.25, 0.3) is 0 Å². The molecule has 7 rings (SSSR count). The predicted molar refractivity (Wildman–Crippen MR) is 166 cm³/mol. The number of nitrogen functional groups attached to an aromatic ring is 1. The van der Waals surface area contributed by atoms with Crippen LogP contribution in [-0.2, 0) is 12.8 Å². The molecule has 2 unspecified atom stereocenters. The standard InChI is InChI=1S/C34H35N7O/c35-34-32(21-31(37-38-34)30-9-3-4-10-33(30)42)40-22-28-11-12-29(23-40)41(28)27-13-16-36-26(20-27)8-5-17-39-18-14-24-6-1-2-7-25(24)15-19-39/h1-4,6-7,9-10,13,16,20-21,28-29,42H,11-12,14-15,17-19,22-23H2,(H2,35,38). The van der Waals surface area contributed by atoms with Gasteiger partial charge in [-0.25, -0.2) is 4.98 Å². The zero-order chi connectivity index (χ0) is 28.5. The Labute approximate surface area is 246 Å². The highest BCUT2D eigenvalue weighted by Gasteiger charge is 2.40. The maximum absolute atomic E-state index is 10.3. The molecule has 2 aromatic heterocycles. The summed E-state index contributed by atoms with van der Waals surface area (Å²) in [5, 5.41) is 18.8. The van der Waals surface area contributed by atoms with Crippen molar-refractivity contribution >= 4 is 17.2 Å². The third kappa shape index (κ3) is 5.24. The van der Waals surface area contributed by atoms with Crippen molar-refractivity contribution in [3.8, 4) is 28.8 Å². The molecule has 3 N–H and O–H groups in total. The van der Waals surface area contributed by atoms with Crippen LogP contribution in [-0.4, -0.2) is 70.0 Å². The lowest BCUT2D eigenvalue weighted by Crippen LogP contribution is -2.54. The summed E-state index contributed by atoms with van der Waals surface area (Å²) in [4.78, 5) is 11.9. The lowest BCUT2D eigenvalue weighted by Gasteiger charge is -2.43. The number of hydrogen-bond donors (Lipinski definition) is 2. The summed E-state index contributed by atoms with van der Waals surface area (Å²) in [6.07, 6.45) is 6.28. The molecule has 4 aromatic rings. The summed E-state index contributed by atoms with van der Waals surface area (Å²) < 4.78 is 0. The van der Waals surface area contributed by atoms with E-state index in [9.17, 15) is 5.11 Å². The van der Waals surface area contributed by atoms with Gasteiger partial charge in [0.05, 0.1) is 17.9 Å². The third-order valence-electron chi connectivity index (χ3n) is 8.88. The molecule has 8 heteroatoms. The number of phenolic OH excluding ortho intramolecular Hbond substituents is 1. The molecule has 0 aliphatic carbocycles. The second kappa shape index (κ2) is 11.3. The van der Waals surface area contributed by atoms with Crippen LogP contribution >= 0.6 is 0 Å². The Kier molecular flexibility index (Phi) is 7.10. The zero-order valence-electron chi connectivity index (χ0n) is 23.7. The van der Waals surface area contributed by atoms with E-state index in [1.807, 2.05) is 24.4 Å². The molecule has 212 valence electrons. The highest BCUT2D eigenvalue weighted by molar-refractivity contribution is 5.74. The highest BCUT2D eigenvalue weighted by atomic mass is 16.3. The number of aromatic nitrogens is 3. The van der Waals surface area contributed by atoms with Crippen molar-refractivity contribution in [2.24, 2.45) is 0 Å². The summed E-state index contributed by atoms with van der Waals surface area (Å²) in [5.41, 5.74) is 13.4. The summed E-state index contributed by atoms with van der Waals surface area (Å²) >= 11 is 0. The Morgan fingerprint density at radius 1 is 0.881 bits per heavy atom. The van der Waals surface area contributed by atoms with Crippen molar-refractivity contribution in [3.63, 3.8) is 0 Å². The quantitative estimate of drug-likeness (QED) is 0.362. The van der Waals surface area contributed by atoms with E-state index in [0.29, 0.717) is 29.2 Å². The second-order valence-electron chi connectivity index (χ2n) is 11.5. The molecule has 2 fully saturated rings. The van der Waals surface area contributed by atoms with Gasteiger partial charge < -0.3 is 20.6 Å².